The van der Waals surface area contributed by atoms with Crippen LogP contribution < -0.4 is 5.32 Å². The van der Waals surface area contributed by atoms with Crippen LogP contribution in [-0.2, 0) is 14.4 Å². The molecule has 1 aromatic heterocycles. The Labute approximate surface area is 182 Å². The first-order valence-electron chi connectivity index (χ1n) is 10.5. The Morgan fingerprint density at radius 3 is 2.43 bits per heavy atom. The average Bonchev–Trinajstić information content (AvgIpc) is 3.35. The van der Waals surface area contributed by atoms with Gasteiger partial charge in [-0.25, -0.2) is 0 Å². The third-order valence-corrected chi connectivity index (χ3v) is 6.78. The van der Waals surface area contributed by atoms with Gasteiger partial charge in [-0.2, -0.15) is 11.3 Å². The Hall–Kier alpha value is -2.41. The molecule has 1 spiro atoms. The van der Waals surface area contributed by atoms with E-state index >= 15 is 0 Å². The molecule has 1 aromatic rings. The maximum absolute atomic E-state index is 13.0. The molecule has 7 heteroatoms. The van der Waals surface area contributed by atoms with Gasteiger partial charge in [0, 0.05) is 39.2 Å². The molecule has 6 nitrogen and oxygen atoms in total. The summed E-state index contributed by atoms with van der Waals surface area (Å²) < 4.78 is 0. The van der Waals surface area contributed by atoms with Gasteiger partial charge in [0.2, 0.25) is 17.7 Å². The van der Waals surface area contributed by atoms with Crippen molar-refractivity contribution < 1.29 is 14.4 Å². The van der Waals surface area contributed by atoms with Crippen LogP contribution >= 0.6 is 11.3 Å². The Bertz CT molecular complexity index is 807. The molecule has 3 heterocycles. The number of nitrogens with one attached hydrogen (secondary N) is 1. The second-order valence-electron chi connectivity index (χ2n) is 8.64. The Balaban J connectivity index is 1.54. The van der Waals surface area contributed by atoms with E-state index < -0.39 is 6.04 Å². The van der Waals surface area contributed by atoms with Crippen molar-refractivity contribution in [1.29, 1.82) is 0 Å². The van der Waals surface area contributed by atoms with Crippen molar-refractivity contribution in [1.82, 2.24) is 15.1 Å². The standard InChI is InChI=1S/C23H31N3O3S/c1-17(2)14-20(24-18(3)27)22(29)26-12-9-23(16-26)7-10-25(11-8-23)21(28)5-4-19-6-13-30-15-19/h4-6,13,15,20H,1,7-12,14,16H2,2-3H3,(H,24,27). The summed E-state index contributed by atoms with van der Waals surface area (Å²) in [4.78, 5) is 40.8. The highest BCUT2D eigenvalue weighted by molar-refractivity contribution is 7.08. The number of amides is 3. The molecule has 0 aromatic carbocycles. The van der Waals surface area contributed by atoms with E-state index in [-0.39, 0.29) is 23.1 Å². The minimum absolute atomic E-state index is 0.0257. The topological polar surface area (TPSA) is 69.7 Å². The lowest BCUT2D eigenvalue weighted by atomic mass is 9.77. The van der Waals surface area contributed by atoms with Crippen LogP contribution in [0.3, 0.4) is 0 Å². The number of hydrogen-bond donors (Lipinski definition) is 1. The number of piperidine rings is 1. The molecule has 0 aliphatic carbocycles. The van der Waals surface area contributed by atoms with Gasteiger partial charge in [-0.05, 0) is 66.5 Å². The molecule has 2 fully saturated rings. The van der Waals surface area contributed by atoms with Crippen LogP contribution in [0.4, 0.5) is 0 Å². The molecule has 1 N–H and O–H groups in total. The smallest absolute Gasteiger partial charge is 0.246 e. The predicted molar refractivity (Wildman–Crippen MR) is 120 cm³/mol. The van der Waals surface area contributed by atoms with Gasteiger partial charge < -0.3 is 15.1 Å². The quantitative estimate of drug-likeness (QED) is 0.558. The van der Waals surface area contributed by atoms with Crippen molar-refractivity contribution >= 4 is 35.1 Å². The molecule has 2 aliphatic rings. The van der Waals surface area contributed by atoms with E-state index in [1.807, 2.05) is 39.6 Å². The molecule has 30 heavy (non-hydrogen) atoms. The molecule has 3 rings (SSSR count). The van der Waals surface area contributed by atoms with Gasteiger partial charge in [0.1, 0.15) is 6.04 Å². The lowest BCUT2D eigenvalue weighted by Gasteiger charge is -2.39. The zero-order chi connectivity index (χ0) is 21.7. The minimum Gasteiger partial charge on any atom is -0.344 e. The second-order valence-corrected chi connectivity index (χ2v) is 9.42. The first kappa shape index (κ1) is 22.3. The highest BCUT2D eigenvalue weighted by Gasteiger charge is 2.43. The van der Waals surface area contributed by atoms with Gasteiger partial charge >= 0.3 is 0 Å². The van der Waals surface area contributed by atoms with Crippen LogP contribution in [0.25, 0.3) is 6.08 Å². The first-order chi connectivity index (χ1) is 14.3. The van der Waals surface area contributed by atoms with Gasteiger partial charge in [-0.3, -0.25) is 14.4 Å². The molecule has 2 aliphatic heterocycles. The fourth-order valence-electron chi connectivity index (χ4n) is 4.39. The summed E-state index contributed by atoms with van der Waals surface area (Å²) in [5, 5.41) is 6.79. The molecule has 3 amide bonds. The number of rotatable bonds is 6. The van der Waals surface area contributed by atoms with E-state index in [0.717, 1.165) is 43.5 Å². The van der Waals surface area contributed by atoms with Crippen molar-refractivity contribution in [3.05, 3.63) is 40.6 Å². The van der Waals surface area contributed by atoms with Crippen LogP contribution in [0.15, 0.2) is 35.1 Å². The first-order valence-corrected chi connectivity index (χ1v) is 11.4. The van der Waals surface area contributed by atoms with Crippen molar-refractivity contribution in [3.8, 4) is 0 Å². The Morgan fingerprint density at radius 1 is 1.20 bits per heavy atom. The summed E-state index contributed by atoms with van der Waals surface area (Å²) in [5.41, 5.74) is 2.00. The summed E-state index contributed by atoms with van der Waals surface area (Å²) in [5.74, 6) is -0.178. The molecule has 2 saturated heterocycles. The fraction of sp³-hybridized carbons (Fsp3) is 0.522. The summed E-state index contributed by atoms with van der Waals surface area (Å²) in [7, 11) is 0. The van der Waals surface area contributed by atoms with Crippen molar-refractivity contribution in [2.24, 2.45) is 5.41 Å². The molecule has 162 valence electrons. The van der Waals surface area contributed by atoms with Gasteiger partial charge in [-0.15, -0.1) is 6.58 Å². The number of likely N-dealkylation sites (tertiary alicyclic amines) is 2. The summed E-state index contributed by atoms with van der Waals surface area (Å²) in [6, 6.07) is 1.45. The minimum atomic E-state index is -0.543. The zero-order valence-corrected chi connectivity index (χ0v) is 18.7. The van der Waals surface area contributed by atoms with Crippen LogP contribution in [-0.4, -0.2) is 59.7 Å². The van der Waals surface area contributed by atoms with E-state index in [4.69, 9.17) is 0 Å². The highest BCUT2D eigenvalue weighted by Crippen LogP contribution is 2.40. The van der Waals surface area contributed by atoms with Crippen LogP contribution in [0.5, 0.6) is 0 Å². The number of carbonyl (C=O) groups is 3. The SMILES string of the molecule is C=C(C)CC(NC(C)=O)C(=O)N1CCC2(CCN(C(=O)C=Cc3ccsc3)CC2)C1. The normalized spacial score (nSPS) is 19.3. The van der Waals surface area contributed by atoms with Crippen LogP contribution in [0.1, 0.15) is 45.1 Å². The summed E-state index contributed by atoms with van der Waals surface area (Å²) >= 11 is 1.61. The number of thiophene rings is 1. The van der Waals surface area contributed by atoms with E-state index in [9.17, 15) is 14.4 Å². The second kappa shape index (κ2) is 9.60. The number of carbonyl (C=O) groups excluding carboxylic acids is 3. The average molecular weight is 430 g/mol. The summed E-state index contributed by atoms with van der Waals surface area (Å²) in [6.45, 7) is 10.0. The van der Waals surface area contributed by atoms with Gasteiger partial charge in [0.05, 0.1) is 0 Å². The molecule has 0 bridgehead atoms. The Kier molecular flexibility index (Phi) is 7.13. The van der Waals surface area contributed by atoms with Gasteiger partial charge in [0.15, 0.2) is 0 Å². The highest BCUT2D eigenvalue weighted by atomic mass is 32.1. The third kappa shape index (κ3) is 5.59. The van der Waals surface area contributed by atoms with Crippen LogP contribution in [0.2, 0.25) is 0 Å². The largest absolute Gasteiger partial charge is 0.344 e. The van der Waals surface area contributed by atoms with E-state index in [1.165, 1.54) is 6.92 Å². The van der Waals surface area contributed by atoms with Crippen molar-refractivity contribution in [2.45, 2.75) is 45.6 Å². The van der Waals surface area contributed by atoms with Crippen molar-refractivity contribution in [3.63, 3.8) is 0 Å². The third-order valence-electron chi connectivity index (χ3n) is 6.08. The monoisotopic (exact) mass is 429 g/mol. The van der Waals surface area contributed by atoms with Gasteiger partial charge in [0.25, 0.3) is 0 Å². The molecule has 1 atom stereocenters. The molecular formula is C23H31N3O3S. The maximum atomic E-state index is 13.0. The van der Waals surface area contributed by atoms with Crippen LogP contribution in [0, 0.1) is 5.41 Å². The van der Waals surface area contributed by atoms with Crippen molar-refractivity contribution in [2.75, 3.05) is 26.2 Å². The zero-order valence-electron chi connectivity index (χ0n) is 17.9. The maximum Gasteiger partial charge on any atom is 0.246 e. The lowest BCUT2D eigenvalue weighted by molar-refractivity contribution is -0.136. The number of hydrogen-bond acceptors (Lipinski definition) is 4. The lowest BCUT2D eigenvalue weighted by Crippen LogP contribution is -2.49. The van der Waals surface area contributed by atoms with E-state index in [2.05, 4.69) is 11.9 Å². The number of nitrogens with zero attached hydrogens (tertiary/aromatic N) is 2. The van der Waals surface area contributed by atoms with Gasteiger partial charge in [-0.1, -0.05) is 5.57 Å². The van der Waals surface area contributed by atoms with E-state index in [0.29, 0.717) is 19.5 Å². The molecule has 1 unspecified atom stereocenters. The Morgan fingerprint density at radius 2 is 1.87 bits per heavy atom. The fourth-order valence-corrected chi connectivity index (χ4v) is 5.02. The van der Waals surface area contributed by atoms with E-state index in [1.54, 1.807) is 17.4 Å². The molecule has 0 saturated carbocycles. The predicted octanol–water partition coefficient (Wildman–Crippen LogP) is 3.07. The molecule has 0 radical (unpaired) electrons. The molecular weight excluding hydrogens is 398 g/mol. The summed E-state index contributed by atoms with van der Waals surface area (Å²) in [6.07, 6.45) is 6.73.